The molecule has 1 N–H and O–H groups in total. The lowest BCUT2D eigenvalue weighted by Crippen LogP contribution is -1.96. The van der Waals surface area contributed by atoms with Crippen molar-refractivity contribution in [3.05, 3.63) is 35.7 Å². The van der Waals surface area contributed by atoms with E-state index in [-0.39, 0.29) is 5.28 Å². The number of nitrogens with zero attached hydrogens (tertiary/aromatic N) is 3. The second-order valence-corrected chi connectivity index (χ2v) is 3.30. The minimum atomic E-state index is 0.110. The van der Waals surface area contributed by atoms with E-state index in [0.29, 0.717) is 5.82 Å². The summed E-state index contributed by atoms with van der Waals surface area (Å²) in [7, 11) is 1.62. The molecule has 2 aromatic rings. The molecule has 1 aromatic carbocycles. The van der Waals surface area contributed by atoms with Crippen LogP contribution < -0.4 is 10.1 Å². The van der Waals surface area contributed by atoms with Gasteiger partial charge >= 0.3 is 0 Å². The monoisotopic (exact) mass is 236 g/mol. The molecule has 5 nitrogen and oxygen atoms in total. The Hall–Kier alpha value is -1.88. The van der Waals surface area contributed by atoms with E-state index in [0.717, 1.165) is 11.4 Å². The fourth-order valence-electron chi connectivity index (χ4n) is 1.16. The van der Waals surface area contributed by atoms with Gasteiger partial charge in [-0.25, -0.2) is 0 Å². The maximum absolute atomic E-state index is 5.61. The van der Waals surface area contributed by atoms with Crippen LogP contribution in [0, 0.1) is 0 Å². The van der Waals surface area contributed by atoms with Crippen molar-refractivity contribution in [2.24, 2.45) is 0 Å². The second-order valence-electron chi connectivity index (χ2n) is 2.96. The maximum Gasteiger partial charge on any atom is 0.244 e. The second kappa shape index (κ2) is 4.76. The molecule has 16 heavy (non-hydrogen) atoms. The summed E-state index contributed by atoms with van der Waals surface area (Å²) in [5.74, 6) is 1.34. The molecule has 0 radical (unpaired) electrons. The summed E-state index contributed by atoms with van der Waals surface area (Å²) >= 11 is 5.61. The van der Waals surface area contributed by atoms with Crippen LogP contribution in [0.5, 0.6) is 5.75 Å². The molecule has 0 saturated carbocycles. The highest BCUT2D eigenvalue weighted by Gasteiger charge is 1.99. The van der Waals surface area contributed by atoms with Crippen LogP contribution in [0.2, 0.25) is 5.28 Å². The van der Waals surface area contributed by atoms with E-state index in [1.54, 1.807) is 7.11 Å². The SMILES string of the molecule is COc1ccc(Nc2cnnc(Cl)n2)cc1. The minimum absolute atomic E-state index is 0.110. The number of aromatic nitrogens is 3. The van der Waals surface area contributed by atoms with Gasteiger partial charge in [0.25, 0.3) is 0 Å². The predicted octanol–water partition coefficient (Wildman–Crippen LogP) is 2.28. The van der Waals surface area contributed by atoms with Gasteiger partial charge in [-0.3, -0.25) is 0 Å². The Labute approximate surface area is 97.4 Å². The average molecular weight is 237 g/mol. The maximum atomic E-state index is 5.61. The van der Waals surface area contributed by atoms with Crippen LogP contribution in [0.3, 0.4) is 0 Å². The van der Waals surface area contributed by atoms with Gasteiger partial charge in [0.05, 0.1) is 13.3 Å². The lowest BCUT2D eigenvalue weighted by atomic mass is 10.3. The van der Waals surface area contributed by atoms with Crippen molar-refractivity contribution < 1.29 is 4.74 Å². The molecule has 0 saturated heterocycles. The molecular weight excluding hydrogens is 228 g/mol. The molecular formula is C10H9ClN4O. The molecule has 6 heteroatoms. The number of methoxy groups -OCH3 is 1. The number of hydrogen-bond donors (Lipinski definition) is 1. The summed E-state index contributed by atoms with van der Waals surface area (Å²) < 4.78 is 5.05. The van der Waals surface area contributed by atoms with Crippen molar-refractivity contribution in [3.63, 3.8) is 0 Å². The van der Waals surface area contributed by atoms with Gasteiger partial charge < -0.3 is 10.1 Å². The van der Waals surface area contributed by atoms with Gasteiger partial charge in [-0.05, 0) is 35.9 Å². The summed E-state index contributed by atoms with van der Waals surface area (Å²) in [6.45, 7) is 0. The van der Waals surface area contributed by atoms with Gasteiger partial charge in [0.1, 0.15) is 5.75 Å². The first-order valence-electron chi connectivity index (χ1n) is 4.54. The van der Waals surface area contributed by atoms with E-state index in [1.165, 1.54) is 6.20 Å². The summed E-state index contributed by atoms with van der Waals surface area (Å²) in [4.78, 5) is 3.96. The lowest BCUT2D eigenvalue weighted by molar-refractivity contribution is 0.415. The summed E-state index contributed by atoms with van der Waals surface area (Å²) in [5.41, 5.74) is 0.873. The molecule has 2 rings (SSSR count). The van der Waals surface area contributed by atoms with Crippen LogP contribution in [0.15, 0.2) is 30.5 Å². The van der Waals surface area contributed by atoms with Gasteiger partial charge in [-0.15, -0.1) is 5.10 Å². The lowest BCUT2D eigenvalue weighted by Gasteiger charge is -2.05. The van der Waals surface area contributed by atoms with E-state index >= 15 is 0 Å². The Morgan fingerprint density at radius 3 is 2.62 bits per heavy atom. The minimum Gasteiger partial charge on any atom is -0.497 e. The van der Waals surface area contributed by atoms with Gasteiger partial charge in [-0.1, -0.05) is 0 Å². The van der Waals surface area contributed by atoms with Crippen molar-refractivity contribution in [1.29, 1.82) is 0 Å². The van der Waals surface area contributed by atoms with Crippen molar-refractivity contribution in [1.82, 2.24) is 15.2 Å². The molecule has 0 atom stereocenters. The third-order valence-electron chi connectivity index (χ3n) is 1.90. The first-order valence-corrected chi connectivity index (χ1v) is 4.92. The molecule has 0 amide bonds. The molecule has 0 spiro atoms. The first kappa shape index (κ1) is 10.6. The molecule has 82 valence electrons. The number of benzene rings is 1. The Balaban J connectivity index is 2.14. The van der Waals surface area contributed by atoms with Crippen LogP contribution in [0.1, 0.15) is 0 Å². The van der Waals surface area contributed by atoms with E-state index in [1.807, 2.05) is 24.3 Å². The van der Waals surface area contributed by atoms with Gasteiger partial charge in [0.15, 0.2) is 5.82 Å². The van der Waals surface area contributed by atoms with Crippen molar-refractivity contribution in [3.8, 4) is 5.75 Å². The highest BCUT2D eigenvalue weighted by molar-refractivity contribution is 6.28. The van der Waals surface area contributed by atoms with Gasteiger partial charge in [0.2, 0.25) is 5.28 Å². The molecule has 1 heterocycles. The van der Waals surface area contributed by atoms with Crippen LogP contribution in [-0.2, 0) is 0 Å². The van der Waals surface area contributed by atoms with E-state index in [4.69, 9.17) is 16.3 Å². The number of nitrogens with one attached hydrogen (secondary N) is 1. The number of halogens is 1. The number of anilines is 2. The molecule has 0 bridgehead atoms. The van der Waals surface area contributed by atoms with Crippen molar-refractivity contribution in [2.45, 2.75) is 0 Å². The molecule has 0 aliphatic rings. The Morgan fingerprint density at radius 2 is 2.00 bits per heavy atom. The van der Waals surface area contributed by atoms with E-state index in [9.17, 15) is 0 Å². The van der Waals surface area contributed by atoms with E-state index in [2.05, 4.69) is 20.5 Å². The molecule has 0 aliphatic carbocycles. The third kappa shape index (κ3) is 2.58. The Morgan fingerprint density at radius 1 is 1.25 bits per heavy atom. The predicted molar refractivity (Wildman–Crippen MR) is 61.1 cm³/mol. The third-order valence-corrected chi connectivity index (χ3v) is 2.06. The van der Waals surface area contributed by atoms with Crippen LogP contribution in [0.4, 0.5) is 11.5 Å². The summed E-state index contributed by atoms with van der Waals surface area (Å²) in [6, 6.07) is 7.43. The topological polar surface area (TPSA) is 59.9 Å². The standard InChI is InChI=1S/C10H9ClN4O/c1-16-8-4-2-7(3-5-8)13-9-6-12-15-10(11)14-9/h2-6H,1H3,(H,13,14,15). The van der Waals surface area contributed by atoms with Crippen LogP contribution in [0.25, 0.3) is 0 Å². The van der Waals surface area contributed by atoms with Gasteiger partial charge in [-0.2, -0.15) is 10.1 Å². The Bertz CT molecular complexity index is 475. The fourth-order valence-corrected chi connectivity index (χ4v) is 1.30. The highest BCUT2D eigenvalue weighted by atomic mass is 35.5. The molecule has 0 unspecified atom stereocenters. The van der Waals surface area contributed by atoms with Crippen molar-refractivity contribution in [2.75, 3.05) is 12.4 Å². The zero-order valence-electron chi connectivity index (χ0n) is 8.51. The van der Waals surface area contributed by atoms with E-state index < -0.39 is 0 Å². The number of hydrogen-bond acceptors (Lipinski definition) is 5. The quantitative estimate of drug-likeness (QED) is 0.886. The fraction of sp³-hybridized carbons (Fsp3) is 0.100. The Kier molecular flexibility index (Phi) is 3.16. The summed E-state index contributed by atoms with van der Waals surface area (Å²) in [6.07, 6.45) is 1.50. The number of ether oxygens (including phenoxy) is 1. The van der Waals surface area contributed by atoms with Crippen LogP contribution >= 0.6 is 11.6 Å². The zero-order valence-corrected chi connectivity index (χ0v) is 9.27. The zero-order chi connectivity index (χ0) is 11.4. The average Bonchev–Trinajstić information content (AvgIpc) is 2.30. The number of rotatable bonds is 3. The highest BCUT2D eigenvalue weighted by Crippen LogP contribution is 2.18. The first-order chi connectivity index (χ1) is 7.78. The molecule has 0 aliphatic heterocycles. The van der Waals surface area contributed by atoms with Crippen LogP contribution in [-0.4, -0.2) is 22.3 Å². The molecule has 0 fully saturated rings. The largest absolute Gasteiger partial charge is 0.497 e. The normalized spacial score (nSPS) is 9.88. The van der Waals surface area contributed by atoms with Crippen molar-refractivity contribution >= 4 is 23.1 Å². The smallest absolute Gasteiger partial charge is 0.244 e. The summed E-state index contributed by atoms with van der Waals surface area (Å²) in [5, 5.41) is 10.4. The molecule has 1 aromatic heterocycles. The van der Waals surface area contributed by atoms with Gasteiger partial charge in [0, 0.05) is 5.69 Å².